The second-order valence-electron chi connectivity index (χ2n) is 4.55. The van der Waals surface area contributed by atoms with Gasteiger partial charge in [0.25, 0.3) is 0 Å². The minimum Gasteiger partial charge on any atom is -0.478 e. The summed E-state index contributed by atoms with van der Waals surface area (Å²) in [7, 11) is 1.96. The smallest absolute Gasteiger partial charge is 0.338 e. The summed E-state index contributed by atoms with van der Waals surface area (Å²) in [6.07, 6.45) is 0.976. The van der Waals surface area contributed by atoms with Gasteiger partial charge in [0.2, 0.25) is 0 Å². The Hall–Kier alpha value is -1.46. The number of carbonyl (C=O) groups is 1. The Morgan fingerprint density at radius 1 is 1.61 bits per heavy atom. The van der Waals surface area contributed by atoms with Gasteiger partial charge >= 0.3 is 5.97 Å². The summed E-state index contributed by atoms with van der Waals surface area (Å²) < 4.78 is 18.5. The first-order valence-corrected chi connectivity index (χ1v) is 5.87. The van der Waals surface area contributed by atoms with E-state index in [4.69, 9.17) is 9.84 Å². The molecule has 1 aromatic carbocycles. The number of hydrogen-bond donors (Lipinski definition) is 1. The molecule has 0 spiro atoms. The first kappa shape index (κ1) is 13.0. The number of carboxylic acids is 1. The Kier molecular flexibility index (Phi) is 3.93. The lowest BCUT2D eigenvalue weighted by Gasteiger charge is -2.22. The molecule has 1 heterocycles. The van der Waals surface area contributed by atoms with E-state index in [1.807, 2.05) is 7.05 Å². The summed E-state index contributed by atoms with van der Waals surface area (Å²) >= 11 is 0. The van der Waals surface area contributed by atoms with Crippen molar-refractivity contribution in [3.63, 3.8) is 0 Å². The van der Waals surface area contributed by atoms with E-state index in [9.17, 15) is 9.18 Å². The number of benzene rings is 1. The molecule has 1 unspecified atom stereocenters. The van der Waals surface area contributed by atoms with E-state index < -0.39 is 11.8 Å². The standard InChI is InChI=1S/C13H16FNO3/c1-15(10-4-5-18-8-10)7-9-2-3-12(14)11(6-9)13(16)17/h2-3,6,10H,4-5,7-8H2,1H3,(H,16,17). The lowest BCUT2D eigenvalue weighted by molar-refractivity contribution is 0.0691. The van der Waals surface area contributed by atoms with Crippen molar-refractivity contribution >= 4 is 5.97 Å². The van der Waals surface area contributed by atoms with E-state index in [0.717, 1.165) is 18.6 Å². The fraction of sp³-hybridized carbons (Fsp3) is 0.462. The van der Waals surface area contributed by atoms with Crippen LogP contribution >= 0.6 is 0 Å². The Morgan fingerprint density at radius 2 is 2.39 bits per heavy atom. The number of ether oxygens (including phenoxy) is 1. The molecular weight excluding hydrogens is 237 g/mol. The van der Waals surface area contributed by atoms with Gasteiger partial charge in [0.1, 0.15) is 5.82 Å². The molecular formula is C13H16FNO3. The Bertz CT molecular complexity index is 444. The summed E-state index contributed by atoms with van der Waals surface area (Å²) in [5, 5.41) is 8.86. The average molecular weight is 253 g/mol. The van der Waals surface area contributed by atoms with Crippen molar-refractivity contribution < 1.29 is 19.0 Å². The number of aromatic carboxylic acids is 1. The molecule has 98 valence electrons. The molecule has 1 aromatic rings. The van der Waals surface area contributed by atoms with Gasteiger partial charge in [-0.1, -0.05) is 6.07 Å². The molecule has 4 nitrogen and oxygen atoms in total. The van der Waals surface area contributed by atoms with E-state index in [-0.39, 0.29) is 5.56 Å². The van der Waals surface area contributed by atoms with Crippen molar-refractivity contribution in [3.05, 3.63) is 35.1 Å². The van der Waals surface area contributed by atoms with Gasteiger partial charge in [-0.15, -0.1) is 0 Å². The van der Waals surface area contributed by atoms with Crippen molar-refractivity contribution in [1.82, 2.24) is 4.90 Å². The van der Waals surface area contributed by atoms with Gasteiger partial charge in [0.15, 0.2) is 0 Å². The van der Waals surface area contributed by atoms with Crippen LogP contribution in [0.5, 0.6) is 0 Å². The molecule has 2 rings (SSSR count). The average Bonchev–Trinajstić information content (AvgIpc) is 2.85. The van der Waals surface area contributed by atoms with Crippen LogP contribution in [-0.4, -0.2) is 42.3 Å². The summed E-state index contributed by atoms with van der Waals surface area (Å²) in [5.74, 6) is -1.93. The van der Waals surface area contributed by atoms with Crippen LogP contribution in [0.3, 0.4) is 0 Å². The lowest BCUT2D eigenvalue weighted by Crippen LogP contribution is -2.31. The molecule has 18 heavy (non-hydrogen) atoms. The van der Waals surface area contributed by atoms with E-state index in [1.165, 1.54) is 12.1 Å². The van der Waals surface area contributed by atoms with Crippen LogP contribution < -0.4 is 0 Å². The molecule has 0 aromatic heterocycles. The number of hydrogen-bond acceptors (Lipinski definition) is 3. The molecule has 1 aliphatic rings. The van der Waals surface area contributed by atoms with Crippen molar-refractivity contribution in [2.45, 2.75) is 19.0 Å². The molecule has 0 amide bonds. The van der Waals surface area contributed by atoms with Gasteiger partial charge in [-0.3, -0.25) is 4.90 Å². The van der Waals surface area contributed by atoms with Gasteiger partial charge in [-0.2, -0.15) is 0 Å². The zero-order chi connectivity index (χ0) is 13.1. The molecule has 0 saturated carbocycles. The predicted octanol–water partition coefficient (Wildman–Crippen LogP) is 1.74. The molecule has 0 radical (unpaired) electrons. The third-order valence-electron chi connectivity index (χ3n) is 3.22. The normalized spacial score (nSPS) is 19.4. The highest BCUT2D eigenvalue weighted by Crippen LogP contribution is 2.16. The highest BCUT2D eigenvalue weighted by atomic mass is 19.1. The summed E-state index contributed by atoms with van der Waals surface area (Å²) in [4.78, 5) is 12.9. The van der Waals surface area contributed by atoms with Gasteiger partial charge in [-0.05, 0) is 31.2 Å². The second-order valence-corrected chi connectivity index (χ2v) is 4.55. The molecule has 0 aliphatic carbocycles. The maximum absolute atomic E-state index is 13.2. The fourth-order valence-corrected chi connectivity index (χ4v) is 2.12. The van der Waals surface area contributed by atoms with Crippen LogP contribution in [0.15, 0.2) is 18.2 Å². The third kappa shape index (κ3) is 2.86. The molecule has 1 aliphatic heterocycles. The van der Waals surface area contributed by atoms with E-state index in [2.05, 4.69) is 4.90 Å². The van der Waals surface area contributed by atoms with Crippen molar-refractivity contribution in [2.24, 2.45) is 0 Å². The maximum Gasteiger partial charge on any atom is 0.338 e. The van der Waals surface area contributed by atoms with Crippen molar-refractivity contribution in [3.8, 4) is 0 Å². The molecule has 5 heteroatoms. The molecule has 1 saturated heterocycles. The topological polar surface area (TPSA) is 49.8 Å². The van der Waals surface area contributed by atoms with Crippen LogP contribution in [-0.2, 0) is 11.3 Å². The zero-order valence-corrected chi connectivity index (χ0v) is 10.2. The largest absolute Gasteiger partial charge is 0.478 e. The summed E-state index contributed by atoms with van der Waals surface area (Å²) in [6, 6.07) is 4.57. The predicted molar refractivity (Wildman–Crippen MR) is 64.1 cm³/mol. The minimum atomic E-state index is -1.23. The van der Waals surface area contributed by atoms with Gasteiger partial charge in [0.05, 0.1) is 12.2 Å². The molecule has 0 bridgehead atoms. The molecule has 1 N–H and O–H groups in total. The Balaban J connectivity index is 2.09. The van der Waals surface area contributed by atoms with Crippen molar-refractivity contribution in [1.29, 1.82) is 0 Å². The van der Waals surface area contributed by atoms with Crippen LogP contribution in [0.4, 0.5) is 4.39 Å². The summed E-state index contributed by atoms with van der Waals surface area (Å²) in [6.45, 7) is 2.05. The SMILES string of the molecule is CN(Cc1ccc(F)c(C(=O)O)c1)C1CCOC1. The van der Waals surface area contributed by atoms with Gasteiger partial charge in [0, 0.05) is 19.2 Å². The quantitative estimate of drug-likeness (QED) is 0.888. The highest BCUT2D eigenvalue weighted by molar-refractivity contribution is 5.88. The monoisotopic (exact) mass is 253 g/mol. The second kappa shape index (κ2) is 5.46. The Morgan fingerprint density at radius 3 is 3.00 bits per heavy atom. The maximum atomic E-state index is 13.2. The minimum absolute atomic E-state index is 0.274. The lowest BCUT2D eigenvalue weighted by atomic mass is 10.1. The third-order valence-corrected chi connectivity index (χ3v) is 3.22. The number of rotatable bonds is 4. The number of nitrogens with zero attached hydrogens (tertiary/aromatic N) is 1. The van der Waals surface area contributed by atoms with Crippen LogP contribution in [0.2, 0.25) is 0 Å². The van der Waals surface area contributed by atoms with E-state index in [0.29, 0.717) is 19.2 Å². The van der Waals surface area contributed by atoms with Crippen LogP contribution in [0.25, 0.3) is 0 Å². The first-order valence-electron chi connectivity index (χ1n) is 5.87. The van der Waals surface area contributed by atoms with Gasteiger partial charge in [-0.25, -0.2) is 9.18 Å². The fourth-order valence-electron chi connectivity index (χ4n) is 2.12. The number of halogens is 1. The molecule has 1 atom stereocenters. The number of carboxylic acid groups (broad SMARTS) is 1. The highest BCUT2D eigenvalue weighted by Gasteiger charge is 2.20. The van der Waals surface area contributed by atoms with Crippen molar-refractivity contribution in [2.75, 3.05) is 20.3 Å². The van der Waals surface area contributed by atoms with E-state index >= 15 is 0 Å². The molecule has 1 fully saturated rings. The summed E-state index contributed by atoms with van der Waals surface area (Å²) in [5.41, 5.74) is 0.520. The zero-order valence-electron chi connectivity index (χ0n) is 10.2. The van der Waals surface area contributed by atoms with Crippen LogP contribution in [0.1, 0.15) is 22.3 Å². The Labute approximate surface area is 105 Å². The van der Waals surface area contributed by atoms with Gasteiger partial charge < -0.3 is 9.84 Å². The van der Waals surface area contributed by atoms with Crippen LogP contribution in [0, 0.1) is 5.82 Å². The van der Waals surface area contributed by atoms with E-state index in [1.54, 1.807) is 6.07 Å². The first-order chi connectivity index (χ1) is 8.58. The number of likely N-dealkylation sites (N-methyl/N-ethyl adjacent to an activating group) is 1.